The molecule has 29 heavy (non-hydrogen) atoms. The molecule has 1 heterocycles. The number of hydrogen-bond donors (Lipinski definition) is 1. The number of nitrogens with one attached hydrogen (secondary N) is 1. The minimum atomic E-state index is -3.78. The Labute approximate surface area is 172 Å². The van der Waals surface area contributed by atoms with Gasteiger partial charge in [-0.1, -0.05) is 29.8 Å². The zero-order valence-corrected chi connectivity index (χ0v) is 18.2. The van der Waals surface area contributed by atoms with Crippen LogP contribution in [0.1, 0.15) is 17.2 Å². The summed E-state index contributed by atoms with van der Waals surface area (Å²) in [5.74, 6) is 0. The van der Waals surface area contributed by atoms with Crippen LogP contribution in [0, 0.1) is 6.92 Å². The van der Waals surface area contributed by atoms with Crippen LogP contribution < -0.4 is 4.72 Å². The van der Waals surface area contributed by atoms with Crippen LogP contribution in [-0.4, -0.2) is 60.8 Å². The maximum Gasteiger partial charge on any atom is 0.240 e. The molecule has 1 saturated heterocycles. The van der Waals surface area contributed by atoms with E-state index in [0.717, 1.165) is 30.5 Å². The lowest BCUT2D eigenvalue weighted by Crippen LogP contribution is -2.43. The van der Waals surface area contributed by atoms with Crippen molar-refractivity contribution < 1.29 is 21.6 Å². The van der Waals surface area contributed by atoms with Crippen molar-refractivity contribution in [1.82, 2.24) is 9.62 Å². The second kappa shape index (κ2) is 8.93. The topological polar surface area (TPSA) is 92.8 Å². The summed E-state index contributed by atoms with van der Waals surface area (Å²) in [6.45, 7) is 4.89. The Morgan fingerprint density at radius 2 is 1.62 bits per heavy atom. The highest BCUT2D eigenvalue weighted by atomic mass is 32.2. The highest BCUT2D eigenvalue weighted by Crippen LogP contribution is 2.23. The van der Waals surface area contributed by atoms with E-state index < -0.39 is 19.9 Å². The largest absolute Gasteiger partial charge is 0.379 e. The number of benzene rings is 2. The molecular weight excluding hydrogens is 412 g/mol. The predicted molar refractivity (Wildman–Crippen MR) is 111 cm³/mol. The Bertz CT molecular complexity index is 1040. The predicted octanol–water partition coefficient (Wildman–Crippen LogP) is 1.75. The third-order valence-electron chi connectivity index (χ3n) is 4.94. The Balaban J connectivity index is 1.80. The summed E-state index contributed by atoms with van der Waals surface area (Å²) in [6.07, 6.45) is 1.09. The van der Waals surface area contributed by atoms with Crippen molar-refractivity contribution in [2.45, 2.75) is 22.8 Å². The first kappa shape index (κ1) is 21.9. The van der Waals surface area contributed by atoms with Gasteiger partial charge in [0.05, 0.1) is 23.0 Å². The van der Waals surface area contributed by atoms with Crippen molar-refractivity contribution in [2.24, 2.45) is 0 Å². The molecule has 0 radical (unpaired) electrons. The Hall–Kier alpha value is -1.78. The molecule has 1 fully saturated rings. The van der Waals surface area contributed by atoms with Gasteiger partial charge in [-0.25, -0.2) is 21.6 Å². The Morgan fingerprint density at radius 1 is 1.00 bits per heavy atom. The molecular formula is C20H26N2O5S2. The average molecular weight is 439 g/mol. The van der Waals surface area contributed by atoms with Crippen LogP contribution >= 0.6 is 0 Å². The van der Waals surface area contributed by atoms with Crippen LogP contribution in [0.5, 0.6) is 0 Å². The molecule has 158 valence electrons. The lowest BCUT2D eigenvalue weighted by atomic mass is 10.0. The van der Waals surface area contributed by atoms with Gasteiger partial charge in [0.15, 0.2) is 9.84 Å². The number of rotatable bonds is 7. The number of aryl methyl sites for hydroxylation is 1. The molecule has 9 heteroatoms. The van der Waals surface area contributed by atoms with Gasteiger partial charge in [-0.2, -0.15) is 0 Å². The van der Waals surface area contributed by atoms with E-state index in [1.807, 2.05) is 25.1 Å². The Morgan fingerprint density at radius 3 is 2.21 bits per heavy atom. The standard InChI is InChI=1S/C20H26N2O5S2/c1-16-4-3-5-17(14-16)20(22-10-12-27-13-11-22)15-21-29(25,26)19-8-6-18(7-9-19)28(2,23)24/h3-9,14,20-21H,10-13,15H2,1-2H3. The van der Waals surface area contributed by atoms with Crippen LogP contribution in [0.25, 0.3) is 0 Å². The van der Waals surface area contributed by atoms with E-state index in [4.69, 9.17) is 4.74 Å². The van der Waals surface area contributed by atoms with Crippen molar-refractivity contribution in [3.05, 3.63) is 59.7 Å². The zero-order chi connectivity index (χ0) is 21.1. The Kier molecular flexibility index (Phi) is 6.75. The second-order valence-electron chi connectivity index (χ2n) is 7.17. The van der Waals surface area contributed by atoms with Gasteiger partial charge < -0.3 is 4.74 Å². The third-order valence-corrected chi connectivity index (χ3v) is 7.51. The molecule has 1 aliphatic heterocycles. The van der Waals surface area contributed by atoms with E-state index in [1.165, 1.54) is 24.3 Å². The van der Waals surface area contributed by atoms with E-state index in [1.54, 1.807) is 0 Å². The van der Waals surface area contributed by atoms with Crippen LogP contribution in [0.3, 0.4) is 0 Å². The van der Waals surface area contributed by atoms with E-state index >= 15 is 0 Å². The van der Waals surface area contributed by atoms with Gasteiger partial charge in [0.1, 0.15) is 0 Å². The first-order valence-corrected chi connectivity index (χ1v) is 12.7. The minimum Gasteiger partial charge on any atom is -0.379 e. The molecule has 0 spiro atoms. The smallest absolute Gasteiger partial charge is 0.240 e. The van der Waals surface area contributed by atoms with E-state index in [0.29, 0.717) is 13.2 Å². The monoisotopic (exact) mass is 438 g/mol. The van der Waals surface area contributed by atoms with Gasteiger partial charge >= 0.3 is 0 Å². The highest BCUT2D eigenvalue weighted by molar-refractivity contribution is 7.90. The van der Waals surface area contributed by atoms with Gasteiger partial charge in [0.25, 0.3) is 0 Å². The van der Waals surface area contributed by atoms with Crippen molar-refractivity contribution in [3.8, 4) is 0 Å². The number of sulfone groups is 1. The average Bonchev–Trinajstić information content (AvgIpc) is 2.68. The van der Waals surface area contributed by atoms with Gasteiger partial charge in [-0.05, 0) is 36.8 Å². The molecule has 2 aromatic carbocycles. The molecule has 0 saturated carbocycles. The second-order valence-corrected chi connectivity index (χ2v) is 11.0. The molecule has 7 nitrogen and oxygen atoms in total. The van der Waals surface area contributed by atoms with E-state index in [2.05, 4.69) is 15.7 Å². The van der Waals surface area contributed by atoms with Gasteiger partial charge in [-0.15, -0.1) is 0 Å². The van der Waals surface area contributed by atoms with Crippen molar-refractivity contribution in [1.29, 1.82) is 0 Å². The summed E-state index contributed by atoms with van der Waals surface area (Å²) in [4.78, 5) is 2.34. The van der Waals surface area contributed by atoms with E-state index in [9.17, 15) is 16.8 Å². The number of morpholine rings is 1. The molecule has 0 amide bonds. The summed E-state index contributed by atoms with van der Waals surface area (Å²) in [6, 6.07) is 13.2. The van der Waals surface area contributed by atoms with Gasteiger partial charge in [-0.3, -0.25) is 4.90 Å². The maximum atomic E-state index is 12.8. The molecule has 2 aromatic rings. The SMILES string of the molecule is Cc1cccc(C(CNS(=O)(=O)c2ccc(S(C)(=O)=O)cc2)N2CCOCC2)c1. The zero-order valence-electron chi connectivity index (χ0n) is 16.5. The summed E-state index contributed by atoms with van der Waals surface area (Å²) >= 11 is 0. The molecule has 1 atom stereocenters. The molecule has 3 rings (SSSR count). The van der Waals surface area contributed by atoms with Gasteiger partial charge in [0, 0.05) is 31.9 Å². The molecule has 1 aliphatic rings. The van der Waals surface area contributed by atoms with Gasteiger partial charge in [0.2, 0.25) is 10.0 Å². The summed E-state index contributed by atoms with van der Waals surface area (Å²) in [5, 5.41) is 0. The quantitative estimate of drug-likeness (QED) is 0.708. The van der Waals surface area contributed by atoms with Crippen LogP contribution in [0.4, 0.5) is 0 Å². The van der Waals surface area contributed by atoms with Crippen LogP contribution in [0.2, 0.25) is 0 Å². The lowest BCUT2D eigenvalue weighted by molar-refractivity contribution is 0.0172. The molecule has 0 aliphatic carbocycles. The number of sulfonamides is 1. The highest BCUT2D eigenvalue weighted by Gasteiger charge is 2.25. The minimum absolute atomic E-state index is 0.0369. The van der Waals surface area contributed by atoms with Crippen LogP contribution in [0.15, 0.2) is 58.3 Å². The number of ether oxygens (including phenoxy) is 1. The normalized spacial score (nSPS) is 17.2. The molecule has 0 bridgehead atoms. The first-order chi connectivity index (χ1) is 13.7. The molecule has 1 N–H and O–H groups in total. The summed E-state index contributed by atoms with van der Waals surface area (Å²) < 4.78 is 56.8. The maximum absolute atomic E-state index is 12.8. The molecule has 0 aromatic heterocycles. The summed E-state index contributed by atoms with van der Waals surface area (Å²) in [5.41, 5.74) is 2.15. The lowest BCUT2D eigenvalue weighted by Gasteiger charge is -2.35. The first-order valence-electron chi connectivity index (χ1n) is 9.35. The molecule has 1 unspecified atom stereocenters. The third kappa shape index (κ3) is 5.64. The fraction of sp³-hybridized carbons (Fsp3) is 0.400. The van der Waals surface area contributed by atoms with Crippen molar-refractivity contribution in [3.63, 3.8) is 0 Å². The fourth-order valence-electron chi connectivity index (χ4n) is 3.36. The summed E-state index contributed by atoms with van der Waals surface area (Å²) in [7, 11) is -7.16. The number of nitrogens with zero attached hydrogens (tertiary/aromatic N) is 1. The van der Waals surface area contributed by atoms with E-state index in [-0.39, 0.29) is 22.4 Å². The fourth-order valence-corrected chi connectivity index (χ4v) is 5.03. The van der Waals surface area contributed by atoms with Crippen molar-refractivity contribution in [2.75, 3.05) is 39.1 Å². The van der Waals surface area contributed by atoms with Crippen molar-refractivity contribution >= 4 is 19.9 Å². The van der Waals surface area contributed by atoms with Crippen LogP contribution in [-0.2, 0) is 24.6 Å². The number of hydrogen-bond acceptors (Lipinski definition) is 6.